The van der Waals surface area contributed by atoms with Gasteiger partial charge in [0, 0.05) is 12.0 Å². The summed E-state index contributed by atoms with van der Waals surface area (Å²) in [5.74, 6) is 0.872. The summed E-state index contributed by atoms with van der Waals surface area (Å²) in [5.41, 5.74) is 8.96. The Morgan fingerprint density at radius 1 is 1.35 bits per heavy atom. The van der Waals surface area contributed by atoms with E-state index in [0.29, 0.717) is 16.9 Å². The molecule has 3 N–H and O–H groups in total. The van der Waals surface area contributed by atoms with Crippen molar-refractivity contribution in [3.05, 3.63) is 48.2 Å². The smallest absolute Gasteiger partial charge is 0.153 e. The average molecular weight is 271 g/mol. The first-order valence-corrected chi connectivity index (χ1v) is 6.37. The van der Waals surface area contributed by atoms with Crippen molar-refractivity contribution >= 4 is 5.82 Å². The summed E-state index contributed by atoms with van der Waals surface area (Å²) < 4.78 is 18.8. The van der Waals surface area contributed by atoms with Crippen LogP contribution in [0.25, 0.3) is 22.4 Å². The number of hydrogen-bond donors (Lipinski definition) is 2. The zero-order chi connectivity index (χ0) is 14.1. The van der Waals surface area contributed by atoms with Crippen molar-refractivity contribution in [2.24, 2.45) is 0 Å². The van der Waals surface area contributed by atoms with Crippen molar-refractivity contribution in [2.45, 2.75) is 13.3 Å². The maximum absolute atomic E-state index is 13.4. The van der Waals surface area contributed by atoms with E-state index >= 15 is 0 Å². The molecular formula is C15H14FN3O. The summed E-state index contributed by atoms with van der Waals surface area (Å²) >= 11 is 0. The third-order valence-electron chi connectivity index (χ3n) is 3.24. The van der Waals surface area contributed by atoms with E-state index in [-0.39, 0.29) is 5.82 Å². The molecule has 0 bridgehead atoms. The predicted octanol–water partition coefficient (Wildman–Crippen LogP) is 3.62. The van der Waals surface area contributed by atoms with Crippen molar-refractivity contribution < 1.29 is 8.81 Å². The van der Waals surface area contributed by atoms with Gasteiger partial charge >= 0.3 is 0 Å². The van der Waals surface area contributed by atoms with Crippen LogP contribution in [-0.4, -0.2) is 10.2 Å². The normalized spacial score (nSPS) is 10.9. The lowest BCUT2D eigenvalue weighted by atomic mass is 10.0. The molecule has 0 amide bonds. The maximum Gasteiger partial charge on any atom is 0.153 e. The summed E-state index contributed by atoms with van der Waals surface area (Å²) in [6.07, 6.45) is 2.38. The highest BCUT2D eigenvalue weighted by Crippen LogP contribution is 2.36. The van der Waals surface area contributed by atoms with Gasteiger partial charge in [0.15, 0.2) is 5.82 Å². The van der Waals surface area contributed by atoms with Crippen molar-refractivity contribution in [3.8, 4) is 22.4 Å². The maximum atomic E-state index is 13.4. The first-order chi connectivity index (χ1) is 9.70. The lowest BCUT2D eigenvalue weighted by Crippen LogP contribution is -1.90. The fourth-order valence-electron chi connectivity index (χ4n) is 2.32. The minimum absolute atomic E-state index is 0.308. The second kappa shape index (κ2) is 4.85. The van der Waals surface area contributed by atoms with Gasteiger partial charge in [0.2, 0.25) is 0 Å². The van der Waals surface area contributed by atoms with E-state index in [9.17, 15) is 4.39 Å². The molecule has 3 aromatic rings. The molecule has 5 heteroatoms. The molecule has 3 rings (SSSR count). The van der Waals surface area contributed by atoms with Gasteiger partial charge in [-0.1, -0.05) is 19.1 Å². The molecule has 0 saturated carbocycles. The summed E-state index contributed by atoms with van der Waals surface area (Å²) in [7, 11) is 0. The van der Waals surface area contributed by atoms with Gasteiger partial charge in [0.1, 0.15) is 11.6 Å². The molecule has 0 aliphatic heterocycles. The van der Waals surface area contributed by atoms with E-state index in [1.54, 1.807) is 18.4 Å². The van der Waals surface area contributed by atoms with E-state index < -0.39 is 0 Å². The molecule has 2 aromatic heterocycles. The number of H-pyrrole nitrogens is 1. The highest BCUT2D eigenvalue weighted by atomic mass is 19.1. The molecule has 0 spiro atoms. The fourth-order valence-corrected chi connectivity index (χ4v) is 2.32. The Balaban J connectivity index is 2.20. The number of anilines is 1. The molecule has 102 valence electrons. The summed E-state index contributed by atoms with van der Waals surface area (Å²) in [6, 6.07) is 8.15. The Kier molecular flexibility index (Phi) is 3.02. The second-order valence-corrected chi connectivity index (χ2v) is 4.48. The number of aryl methyl sites for hydroxylation is 1. The van der Waals surface area contributed by atoms with Crippen LogP contribution in [0.15, 0.2) is 41.0 Å². The van der Waals surface area contributed by atoms with E-state index in [1.165, 1.54) is 12.1 Å². The topological polar surface area (TPSA) is 67.8 Å². The first-order valence-electron chi connectivity index (χ1n) is 6.37. The molecule has 0 aliphatic rings. The summed E-state index contributed by atoms with van der Waals surface area (Å²) in [4.78, 5) is 0. The van der Waals surface area contributed by atoms with Crippen LogP contribution >= 0.6 is 0 Å². The molecule has 4 nitrogen and oxygen atoms in total. The van der Waals surface area contributed by atoms with Crippen molar-refractivity contribution in [1.82, 2.24) is 10.2 Å². The third-order valence-corrected chi connectivity index (χ3v) is 3.24. The fraction of sp³-hybridized carbons (Fsp3) is 0.133. The van der Waals surface area contributed by atoms with Crippen LogP contribution in [0.3, 0.4) is 0 Å². The number of furan rings is 1. The Bertz CT molecular complexity index is 745. The number of nitrogens with two attached hydrogens (primary N) is 1. The molecule has 1 aromatic carbocycles. The molecule has 0 atom stereocenters. The van der Waals surface area contributed by atoms with Crippen LogP contribution in [0.4, 0.5) is 10.2 Å². The number of nitrogens with one attached hydrogen (secondary N) is 1. The van der Waals surface area contributed by atoms with Gasteiger partial charge in [0.25, 0.3) is 0 Å². The van der Waals surface area contributed by atoms with Crippen LogP contribution in [0, 0.1) is 5.82 Å². The molecular weight excluding hydrogens is 257 g/mol. The third kappa shape index (κ3) is 1.97. The number of nitrogens with zero attached hydrogens (tertiary/aromatic N) is 1. The van der Waals surface area contributed by atoms with E-state index in [1.807, 2.05) is 13.0 Å². The van der Waals surface area contributed by atoms with E-state index in [4.69, 9.17) is 10.2 Å². The Morgan fingerprint density at radius 3 is 2.95 bits per heavy atom. The summed E-state index contributed by atoms with van der Waals surface area (Å²) in [6.45, 7) is 2.00. The van der Waals surface area contributed by atoms with Gasteiger partial charge in [-0.3, -0.25) is 5.10 Å². The second-order valence-electron chi connectivity index (χ2n) is 4.48. The van der Waals surface area contributed by atoms with Crippen LogP contribution in [0.2, 0.25) is 0 Å². The quantitative estimate of drug-likeness (QED) is 0.764. The van der Waals surface area contributed by atoms with E-state index in [2.05, 4.69) is 10.2 Å². The molecule has 20 heavy (non-hydrogen) atoms. The number of rotatable bonds is 3. The van der Waals surface area contributed by atoms with Crippen molar-refractivity contribution in [1.29, 1.82) is 0 Å². The van der Waals surface area contributed by atoms with Gasteiger partial charge in [-0.25, -0.2) is 4.39 Å². The number of nitrogen functional groups attached to an aromatic ring is 1. The minimum atomic E-state index is -0.308. The van der Waals surface area contributed by atoms with E-state index in [0.717, 1.165) is 23.4 Å². The largest absolute Gasteiger partial charge is 0.469 e. The SMILES string of the molecule is CCc1occc1-c1[nH]nc(N)c1-c1cccc(F)c1. The highest BCUT2D eigenvalue weighted by molar-refractivity contribution is 5.88. The zero-order valence-electron chi connectivity index (χ0n) is 11.0. The zero-order valence-corrected chi connectivity index (χ0v) is 11.0. The predicted molar refractivity (Wildman–Crippen MR) is 75.5 cm³/mol. The molecule has 0 saturated heterocycles. The van der Waals surface area contributed by atoms with Crippen molar-refractivity contribution in [2.75, 3.05) is 5.73 Å². The first kappa shape index (κ1) is 12.5. The molecule has 0 aliphatic carbocycles. The lowest BCUT2D eigenvalue weighted by molar-refractivity contribution is 0.517. The van der Waals surface area contributed by atoms with Crippen LogP contribution in [0.1, 0.15) is 12.7 Å². The minimum Gasteiger partial charge on any atom is -0.469 e. The molecule has 2 heterocycles. The average Bonchev–Trinajstić information content (AvgIpc) is 3.04. The number of halogens is 1. The van der Waals surface area contributed by atoms with Crippen LogP contribution < -0.4 is 5.73 Å². The number of aromatic nitrogens is 2. The lowest BCUT2D eigenvalue weighted by Gasteiger charge is -2.04. The van der Waals surface area contributed by atoms with Crippen molar-refractivity contribution in [3.63, 3.8) is 0 Å². The van der Waals surface area contributed by atoms with Gasteiger partial charge in [-0.2, -0.15) is 5.10 Å². The number of hydrogen-bond acceptors (Lipinski definition) is 3. The standard InChI is InChI=1S/C15H14FN3O/c1-2-12-11(6-7-20-12)14-13(15(17)19-18-14)9-4-3-5-10(16)8-9/h3-8H,2H2,1H3,(H3,17,18,19). The van der Waals surface area contributed by atoms with Gasteiger partial charge in [-0.15, -0.1) is 0 Å². The van der Waals surface area contributed by atoms with Crippen LogP contribution in [0.5, 0.6) is 0 Å². The Hall–Kier alpha value is -2.56. The molecule has 0 unspecified atom stereocenters. The Morgan fingerprint density at radius 2 is 2.20 bits per heavy atom. The molecule has 0 fully saturated rings. The van der Waals surface area contributed by atoms with Gasteiger partial charge in [0.05, 0.1) is 17.5 Å². The highest BCUT2D eigenvalue weighted by Gasteiger charge is 2.18. The van der Waals surface area contributed by atoms with Gasteiger partial charge in [-0.05, 0) is 23.8 Å². The monoisotopic (exact) mass is 271 g/mol. The van der Waals surface area contributed by atoms with Crippen LogP contribution in [-0.2, 0) is 6.42 Å². The number of aromatic amines is 1. The summed E-state index contributed by atoms with van der Waals surface area (Å²) in [5, 5.41) is 6.95. The Labute approximate surface area is 115 Å². The van der Waals surface area contributed by atoms with Gasteiger partial charge < -0.3 is 10.2 Å². The number of benzene rings is 1. The molecule has 0 radical (unpaired) electrons.